The summed E-state index contributed by atoms with van der Waals surface area (Å²) in [4.78, 5) is 33.1. The van der Waals surface area contributed by atoms with Crippen molar-refractivity contribution in [3.8, 4) is 11.1 Å². The molecule has 2 aromatic rings. The number of hydrogen-bond acceptors (Lipinski definition) is 6. The van der Waals surface area contributed by atoms with Crippen LogP contribution in [0.3, 0.4) is 0 Å². The van der Waals surface area contributed by atoms with Crippen molar-refractivity contribution in [1.82, 2.24) is 9.80 Å². The molecule has 1 saturated heterocycles. The Morgan fingerprint density at radius 2 is 1.82 bits per heavy atom. The second kappa shape index (κ2) is 8.86. The average molecular weight is 449 g/mol. The number of hydroxylamine groups is 1. The highest BCUT2D eigenvalue weighted by molar-refractivity contribution is 6.07. The summed E-state index contributed by atoms with van der Waals surface area (Å²) < 4.78 is 0. The summed E-state index contributed by atoms with van der Waals surface area (Å²) in [5.74, 6) is 0.460. The standard InChI is InChI=1S/C25H30N5O3/c1-17(31)29-12-10-18(11-13-29)16-30-23(32)25(2,27-24(30)26)21-8-4-6-19(14-21)20-7-5-9-22(15-20)28(3)33/h4-9,14-15,18H,10-13,16H2,1-3H3,(H2,26,27)/q-1. The number of piperidine rings is 1. The summed E-state index contributed by atoms with van der Waals surface area (Å²) in [5.41, 5.74) is 8.22. The third kappa shape index (κ3) is 4.43. The maximum Gasteiger partial charge on any atom is 0.261 e. The summed E-state index contributed by atoms with van der Waals surface area (Å²) in [6, 6.07) is 15.0. The van der Waals surface area contributed by atoms with Gasteiger partial charge in [-0.3, -0.25) is 14.5 Å². The van der Waals surface area contributed by atoms with Crippen molar-refractivity contribution < 1.29 is 9.59 Å². The Kier molecular flexibility index (Phi) is 6.12. The number of hydrogen-bond donors (Lipinski definition) is 1. The number of carbonyl (C=O) groups is 2. The molecule has 0 aromatic heterocycles. The largest absolute Gasteiger partial charge is 0.758 e. The molecule has 0 aliphatic carbocycles. The number of likely N-dealkylation sites (tertiary alicyclic amines) is 1. The van der Waals surface area contributed by atoms with Gasteiger partial charge in [-0.15, -0.1) is 0 Å². The van der Waals surface area contributed by atoms with Gasteiger partial charge in [0.25, 0.3) is 5.91 Å². The summed E-state index contributed by atoms with van der Waals surface area (Å²) in [6.45, 7) is 5.30. The first-order valence-electron chi connectivity index (χ1n) is 11.2. The van der Waals surface area contributed by atoms with E-state index in [0.29, 0.717) is 25.3 Å². The first-order chi connectivity index (χ1) is 15.7. The summed E-state index contributed by atoms with van der Waals surface area (Å²) in [5, 5.41) is 12.5. The molecule has 8 nitrogen and oxygen atoms in total. The fourth-order valence-electron chi connectivity index (χ4n) is 4.64. The molecule has 2 amide bonds. The van der Waals surface area contributed by atoms with Gasteiger partial charge in [-0.1, -0.05) is 30.3 Å². The fraction of sp³-hybridized carbons (Fsp3) is 0.400. The van der Waals surface area contributed by atoms with E-state index >= 15 is 0 Å². The van der Waals surface area contributed by atoms with Crippen LogP contribution in [0, 0.1) is 11.1 Å². The van der Waals surface area contributed by atoms with Gasteiger partial charge in [0.1, 0.15) is 0 Å². The molecule has 2 aliphatic heterocycles. The van der Waals surface area contributed by atoms with Crippen LogP contribution in [-0.4, -0.2) is 54.3 Å². The molecule has 2 aromatic carbocycles. The van der Waals surface area contributed by atoms with Crippen LogP contribution >= 0.6 is 0 Å². The number of aliphatic imine (C=N–C) groups is 1. The fourth-order valence-corrected chi connectivity index (χ4v) is 4.64. The molecule has 1 unspecified atom stereocenters. The molecule has 0 radical (unpaired) electrons. The SMILES string of the molecule is CC(=O)N1CCC(CN2C(=O)C(C)(c3cccc(-c4cccc(N(C)[O-])c4)c3)N=C2N)CC1. The molecule has 1 atom stereocenters. The molecule has 0 saturated carbocycles. The van der Waals surface area contributed by atoms with Crippen LogP contribution in [0.4, 0.5) is 5.69 Å². The summed E-state index contributed by atoms with van der Waals surface area (Å²) in [6.07, 6.45) is 1.68. The molecular weight excluding hydrogens is 418 g/mol. The van der Waals surface area contributed by atoms with Gasteiger partial charge in [0, 0.05) is 32.2 Å². The lowest BCUT2D eigenvalue weighted by molar-refractivity contribution is -0.133. The van der Waals surface area contributed by atoms with Crippen molar-refractivity contribution >= 4 is 23.5 Å². The molecule has 33 heavy (non-hydrogen) atoms. The van der Waals surface area contributed by atoms with Crippen molar-refractivity contribution in [3.63, 3.8) is 0 Å². The molecule has 8 heteroatoms. The lowest BCUT2D eigenvalue weighted by Crippen LogP contribution is -2.46. The van der Waals surface area contributed by atoms with Crippen LogP contribution in [0.25, 0.3) is 11.1 Å². The third-order valence-electron chi connectivity index (χ3n) is 6.74. The number of rotatable bonds is 5. The van der Waals surface area contributed by atoms with Gasteiger partial charge in [-0.05, 0) is 67.6 Å². The van der Waals surface area contributed by atoms with Crippen molar-refractivity contribution in [2.45, 2.75) is 32.2 Å². The number of nitrogens with two attached hydrogens (primary N) is 1. The van der Waals surface area contributed by atoms with Crippen LogP contribution in [0.2, 0.25) is 0 Å². The predicted molar refractivity (Wildman–Crippen MR) is 129 cm³/mol. The minimum Gasteiger partial charge on any atom is -0.758 e. The highest BCUT2D eigenvalue weighted by Crippen LogP contribution is 2.36. The van der Waals surface area contributed by atoms with Crippen LogP contribution in [0.5, 0.6) is 0 Å². The summed E-state index contributed by atoms with van der Waals surface area (Å²) in [7, 11) is 1.46. The number of amides is 2. The number of benzene rings is 2. The van der Waals surface area contributed by atoms with Crippen LogP contribution < -0.4 is 10.8 Å². The third-order valence-corrected chi connectivity index (χ3v) is 6.74. The number of guanidine groups is 1. The van der Waals surface area contributed by atoms with Crippen molar-refractivity contribution in [3.05, 3.63) is 59.3 Å². The predicted octanol–water partition coefficient (Wildman–Crippen LogP) is 2.92. The van der Waals surface area contributed by atoms with E-state index in [1.807, 2.05) is 47.4 Å². The molecule has 1 fully saturated rings. The molecular formula is C25H30N5O3-. The Labute approximate surface area is 194 Å². The lowest BCUT2D eigenvalue weighted by Gasteiger charge is -2.33. The van der Waals surface area contributed by atoms with Gasteiger partial charge < -0.3 is 20.9 Å². The topological polar surface area (TPSA) is 105 Å². The quantitative estimate of drug-likeness (QED) is 0.708. The number of anilines is 1. The van der Waals surface area contributed by atoms with Crippen molar-refractivity contribution in [1.29, 1.82) is 0 Å². The van der Waals surface area contributed by atoms with E-state index in [0.717, 1.165) is 34.6 Å². The van der Waals surface area contributed by atoms with Gasteiger partial charge in [-0.2, -0.15) is 0 Å². The first kappa shape index (κ1) is 22.8. The van der Waals surface area contributed by atoms with Crippen LogP contribution in [0.15, 0.2) is 53.5 Å². The molecule has 2 N–H and O–H groups in total. The van der Waals surface area contributed by atoms with Gasteiger partial charge in [0.2, 0.25) is 5.91 Å². The van der Waals surface area contributed by atoms with E-state index < -0.39 is 5.54 Å². The smallest absolute Gasteiger partial charge is 0.261 e. The minimum atomic E-state index is -1.10. The average Bonchev–Trinajstić information content (AvgIpc) is 3.03. The van der Waals surface area contributed by atoms with E-state index in [9.17, 15) is 14.8 Å². The second-order valence-electron chi connectivity index (χ2n) is 9.04. The van der Waals surface area contributed by atoms with Gasteiger partial charge in [-0.25, -0.2) is 4.99 Å². The van der Waals surface area contributed by atoms with E-state index in [4.69, 9.17) is 5.73 Å². The molecule has 2 heterocycles. The Morgan fingerprint density at radius 1 is 1.18 bits per heavy atom. The Bertz CT molecular complexity index is 1090. The molecule has 174 valence electrons. The maximum atomic E-state index is 13.5. The molecule has 0 spiro atoms. The van der Waals surface area contributed by atoms with E-state index in [2.05, 4.69) is 4.99 Å². The normalized spacial score (nSPS) is 21.3. The van der Waals surface area contributed by atoms with Crippen LogP contribution in [0.1, 0.15) is 32.3 Å². The highest BCUT2D eigenvalue weighted by Gasteiger charge is 2.46. The highest BCUT2D eigenvalue weighted by atomic mass is 16.5. The zero-order valence-electron chi connectivity index (χ0n) is 19.3. The zero-order chi connectivity index (χ0) is 23.8. The first-order valence-corrected chi connectivity index (χ1v) is 11.2. The van der Waals surface area contributed by atoms with Gasteiger partial charge in [0.05, 0.1) is 0 Å². The molecule has 2 aliphatic rings. The van der Waals surface area contributed by atoms with E-state index in [-0.39, 0.29) is 23.7 Å². The second-order valence-corrected chi connectivity index (χ2v) is 9.04. The van der Waals surface area contributed by atoms with E-state index in [1.54, 1.807) is 24.8 Å². The van der Waals surface area contributed by atoms with Crippen LogP contribution in [-0.2, 0) is 15.1 Å². The molecule has 4 rings (SSSR count). The van der Waals surface area contributed by atoms with E-state index in [1.165, 1.54) is 7.05 Å². The van der Waals surface area contributed by atoms with Gasteiger partial charge >= 0.3 is 0 Å². The van der Waals surface area contributed by atoms with Crippen molar-refractivity contribution in [2.75, 3.05) is 31.7 Å². The zero-order valence-corrected chi connectivity index (χ0v) is 19.3. The Balaban J connectivity index is 1.54. The Morgan fingerprint density at radius 3 is 2.45 bits per heavy atom. The van der Waals surface area contributed by atoms with Gasteiger partial charge in [0.15, 0.2) is 11.5 Å². The monoisotopic (exact) mass is 448 g/mol. The number of nitrogens with zero attached hydrogens (tertiary/aromatic N) is 4. The Hall–Kier alpha value is -3.39. The minimum absolute atomic E-state index is 0.0895. The van der Waals surface area contributed by atoms with Crippen molar-refractivity contribution in [2.24, 2.45) is 16.6 Å². The molecule has 0 bridgehead atoms. The lowest BCUT2D eigenvalue weighted by atomic mass is 9.89. The number of carbonyl (C=O) groups excluding carboxylic acids is 2. The summed E-state index contributed by atoms with van der Waals surface area (Å²) >= 11 is 0. The maximum absolute atomic E-state index is 13.5.